The smallest absolute Gasteiger partial charge is 0.00953 e. The van der Waals surface area contributed by atoms with Gasteiger partial charge < -0.3 is 5.32 Å². The molecule has 1 aromatic rings. The standard InChI is InChI=1S/C19H23N/c1-20-14-6-11-19-17-9-4-2-7-15(17)12-13-16-8-3-5-10-18(16)19/h2-5,7,9-10,13,19-20H,6,8,11-12,14H2,1H3. The molecule has 1 unspecified atom stereocenters. The van der Waals surface area contributed by atoms with Crippen molar-refractivity contribution in [2.45, 2.75) is 31.6 Å². The number of allylic oxidation sites excluding steroid dienone is 6. The van der Waals surface area contributed by atoms with Gasteiger partial charge in [-0.25, -0.2) is 0 Å². The zero-order chi connectivity index (χ0) is 13.8. The fourth-order valence-corrected chi connectivity index (χ4v) is 3.39. The molecule has 0 aromatic heterocycles. The minimum absolute atomic E-state index is 0.568. The van der Waals surface area contributed by atoms with Gasteiger partial charge in [-0.2, -0.15) is 0 Å². The Labute approximate surface area is 122 Å². The van der Waals surface area contributed by atoms with Crippen LogP contribution < -0.4 is 5.32 Å². The van der Waals surface area contributed by atoms with E-state index in [1.165, 1.54) is 29.5 Å². The Balaban J connectivity index is 1.97. The van der Waals surface area contributed by atoms with E-state index in [4.69, 9.17) is 0 Å². The molecule has 0 spiro atoms. The van der Waals surface area contributed by atoms with Gasteiger partial charge in [0, 0.05) is 5.92 Å². The van der Waals surface area contributed by atoms with Crippen LogP contribution in [0, 0.1) is 0 Å². The summed E-state index contributed by atoms with van der Waals surface area (Å²) in [6.07, 6.45) is 13.9. The molecule has 2 aliphatic rings. The second-order valence-corrected chi connectivity index (χ2v) is 5.68. The maximum atomic E-state index is 3.27. The fraction of sp³-hybridized carbons (Fsp3) is 0.368. The summed E-state index contributed by atoms with van der Waals surface area (Å²) in [6, 6.07) is 8.98. The molecular formula is C19H23N. The minimum atomic E-state index is 0.568. The van der Waals surface area contributed by atoms with Gasteiger partial charge >= 0.3 is 0 Å². The van der Waals surface area contributed by atoms with Crippen molar-refractivity contribution in [1.82, 2.24) is 5.32 Å². The SMILES string of the molecule is CNCCCC1C2=CC=CCC2=CCc2ccccc21. The molecule has 0 radical (unpaired) electrons. The Morgan fingerprint density at radius 1 is 1.20 bits per heavy atom. The zero-order valence-electron chi connectivity index (χ0n) is 12.2. The predicted octanol–water partition coefficient (Wildman–Crippen LogP) is 4.14. The Hall–Kier alpha value is -1.60. The van der Waals surface area contributed by atoms with E-state index in [0.29, 0.717) is 5.92 Å². The minimum Gasteiger partial charge on any atom is -0.320 e. The lowest BCUT2D eigenvalue weighted by molar-refractivity contribution is 0.623. The largest absolute Gasteiger partial charge is 0.320 e. The summed E-state index contributed by atoms with van der Waals surface area (Å²) in [5.74, 6) is 0.568. The van der Waals surface area contributed by atoms with Crippen molar-refractivity contribution in [3.8, 4) is 0 Å². The number of rotatable bonds is 4. The molecule has 0 fully saturated rings. The van der Waals surface area contributed by atoms with E-state index >= 15 is 0 Å². The van der Waals surface area contributed by atoms with Gasteiger partial charge in [0.05, 0.1) is 0 Å². The van der Waals surface area contributed by atoms with Crippen LogP contribution in [0.15, 0.2) is 59.7 Å². The average molecular weight is 265 g/mol. The van der Waals surface area contributed by atoms with Gasteiger partial charge in [0.2, 0.25) is 0 Å². The van der Waals surface area contributed by atoms with E-state index in [0.717, 1.165) is 19.4 Å². The lowest BCUT2D eigenvalue weighted by atomic mass is 9.81. The Morgan fingerprint density at radius 3 is 3.00 bits per heavy atom. The first-order valence-corrected chi connectivity index (χ1v) is 7.68. The maximum Gasteiger partial charge on any atom is 0.00953 e. The molecule has 0 amide bonds. The van der Waals surface area contributed by atoms with Crippen molar-refractivity contribution in [3.63, 3.8) is 0 Å². The highest BCUT2D eigenvalue weighted by molar-refractivity contribution is 5.51. The summed E-state index contributed by atoms with van der Waals surface area (Å²) < 4.78 is 0. The molecule has 1 aromatic carbocycles. The van der Waals surface area contributed by atoms with Gasteiger partial charge in [0.15, 0.2) is 0 Å². The first-order chi connectivity index (χ1) is 9.90. The highest BCUT2D eigenvalue weighted by atomic mass is 14.8. The van der Waals surface area contributed by atoms with Crippen LogP contribution in [0.2, 0.25) is 0 Å². The first-order valence-electron chi connectivity index (χ1n) is 7.68. The molecule has 0 heterocycles. The lowest BCUT2D eigenvalue weighted by Crippen LogP contribution is -2.12. The van der Waals surface area contributed by atoms with E-state index in [1.54, 1.807) is 5.57 Å². The van der Waals surface area contributed by atoms with Crippen LogP contribution in [0.4, 0.5) is 0 Å². The molecule has 3 rings (SSSR count). The van der Waals surface area contributed by atoms with Crippen LogP contribution in [0.25, 0.3) is 0 Å². The fourth-order valence-electron chi connectivity index (χ4n) is 3.39. The van der Waals surface area contributed by atoms with Crippen molar-refractivity contribution in [2.24, 2.45) is 0 Å². The number of fused-ring (bicyclic) bond motifs is 2. The molecule has 1 N–H and O–H groups in total. The Bertz CT molecular complexity index is 563. The number of nitrogens with one attached hydrogen (secondary N) is 1. The molecule has 0 saturated heterocycles. The molecule has 0 bridgehead atoms. The lowest BCUT2D eigenvalue weighted by Gasteiger charge is -2.24. The van der Waals surface area contributed by atoms with Gasteiger partial charge in [0.25, 0.3) is 0 Å². The molecule has 0 saturated carbocycles. The molecule has 2 aliphatic carbocycles. The van der Waals surface area contributed by atoms with Crippen LogP contribution in [-0.4, -0.2) is 13.6 Å². The van der Waals surface area contributed by atoms with Gasteiger partial charge in [-0.15, -0.1) is 0 Å². The summed E-state index contributed by atoms with van der Waals surface area (Å²) in [5.41, 5.74) is 6.13. The molecular weight excluding hydrogens is 242 g/mol. The summed E-state index contributed by atoms with van der Waals surface area (Å²) in [5, 5.41) is 3.27. The summed E-state index contributed by atoms with van der Waals surface area (Å²) in [6.45, 7) is 1.10. The van der Waals surface area contributed by atoms with Crippen LogP contribution in [0.5, 0.6) is 0 Å². The summed E-state index contributed by atoms with van der Waals surface area (Å²) in [4.78, 5) is 0. The Morgan fingerprint density at radius 2 is 2.10 bits per heavy atom. The Kier molecular flexibility index (Phi) is 4.17. The van der Waals surface area contributed by atoms with Crippen molar-refractivity contribution in [1.29, 1.82) is 0 Å². The van der Waals surface area contributed by atoms with E-state index in [2.05, 4.69) is 53.9 Å². The second kappa shape index (κ2) is 6.23. The normalized spacial score (nSPS) is 20.6. The predicted molar refractivity (Wildman–Crippen MR) is 86.0 cm³/mol. The van der Waals surface area contributed by atoms with Crippen molar-refractivity contribution in [3.05, 3.63) is 70.8 Å². The van der Waals surface area contributed by atoms with E-state index in [-0.39, 0.29) is 0 Å². The number of hydrogen-bond acceptors (Lipinski definition) is 1. The van der Waals surface area contributed by atoms with Crippen LogP contribution in [0.3, 0.4) is 0 Å². The van der Waals surface area contributed by atoms with Crippen molar-refractivity contribution >= 4 is 0 Å². The molecule has 1 atom stereocenters. The van der Waals surface area contributed by atoms with Gasteiger partial charge in [0.1, 0.15) is 0 Å². The second-order valence-electron chi connectivity index (χ2n) is 5.68. The van der Waals surface area contributed by atoms with E-state index in [1.807, 2.05) is 7.05 Å². The van der Waals surface area contributed by atoms with Crippen LogP contribution in [0.1, 0.15) is 36.3 Å². The van der Waals surface area contributed by atoms with Crippen LogP contribution >= 0.6 is 0 Å². The molecule has 1 nitrogen and oxygen atoms in total. The van der Waals surface area contributed by atoms with Crippen molar-refractivity contribution < 1.29 is 0 Å². The van der Waals surface area contributed by atoms with Gasteiger partial charge in [-0.3, -0.25) is 0 Å². The third kappa shape index (κ3) is 2.64. The quantitative estimate of drug-likeness (QED) is 0.807. The first kappa shape index (κ1) is 13.4. The van der Waals surface area contributed by atoms with E-state index < -0.39 is 0 Å². The van der Waals surface area contributed by atoms with Gasteiger partial charge in [-0.05, 0) is 61.5 Å². The molecule has 104 valence electrons. The van der Waals surface area contributed by atoms with Crippen LogP contribution in [-0.2, 0) is 6.42 Å². The topological polar surface area (TPSA) is 12.0 Å². The monoisotopic (exact) mass is 265 g/mol. The molecule has 0 aliphatic heterocycles. The molecule has 1 heteroatoms. The van der Waals surface area contributed by atoms with Gasteiger partial charge in [-0.1, -0.05) is 48.6 Å². The summed E-state index contributed by atoms with van der Waals surface area (Å²) in [7, 11) is 2.04. The number of benzene rings is 1. The average Bonchev–Trinajstić information content (AvgIpc) is 2.66. The van der Waals surface area contributed by atoms with E-state index in [9.17, 15) is 0 Å². The third-order valence-corrected chi connectivity index (χ3v) is 4.41. The zero-order valence-corrected chi connectivity index (χ0v) is 12.2. The molecule has 20 heavy (non-hydrogen) atoms. The maximum absolute atomic E-state index is 3.27. The number of hydrogen-bond donors (Lipinski definition) is 1. The summed E-state index contributed by atoms with van der Waals surface area (Å²) >= 11 is 0. The van der Waals surface area contributed by atoms with Crippen molar-refractivity contribution in [2.75, 3.05) is 13.6 Å². The third-order valence-electron chi connectivity index (χ3n) is 4.41. The highest BCUT2D eigenvalue weighted by Gasteiger charge is 2.24. The highest BCUT2D eigenvalue weighted by Crippen LogP contribution is 2.40.